The molecule has 0 unspecified atom stereocenters. The number of carbonyl (C=O) groups excluding carboxylic acids is 1. The maximum Gasteiger partial charge on any atom is 0.261 e. The molecule has 1 aliphatic heterocycles. The quantitative estimate of drug-likeness (QED) is 0.591. The molecule has 0 N–H and O–H groups in total. The molecule has 7 nitrogen and oxygen atoms in total. The number of para-hydroxylation sites is 1. The fourth-order valence-electron chi connectivity index (χ4n) is 4.06. The van der Waals surface area contributed by atoms with Gasteiger partial charge in [-0.2, -0.15) is 9.40 Å². The van der Waals surface area contributed by atoms with Gasteiger partial charge in [-0.25, -0.2) is 13.1 Å². The lowest BCUT2D eigenvalue weighted by molar-refractivity contribution is 0.0988. The fourth-order valence-corrected chi connectivity index (χ4v) is 5.57. The van der Waals surface area contributed by atoms with Gasteiger partial charge in [-0.3, -0.25) is 4.79 Å². The zero-order valence-corrected chi connectivity index (χ0v) is 18.8. The summed E-state index contributed by atoms with van der Waals surface area (Å²) >= 11 is 0. The average Bonchev–Trinajstić information content (AvgIpc) is 3.37. The van der Waals surface area contributed by atoms with E-state index in [-0.39, 0.29) is 10.8 Å². The van der Waals surface area contributed by atoms with Crippen LogP contribution in [0.1, 0.15) is 35.5 Å². The Bertz CT molecular complexity index is 1210. The molecular formula is C23H26N4O3S. The number of benzene rings is 2. The summed E-state index contributed by atoms with van der Waals surface area (Å²) in [5.74, 6) is -0.127. The van der Waals surface area contributed by atoms with Gasteiger partial charge in [0.15, 0.2) is 0 Å². The minimum absolute atomic E-state index is 0.127. The van der Waals surface area contributed by atoms with Crippen LogP contribution in [0.2, 0.25) is 0 Å². The van der Waals surface area contributed by atoms with E-state index in [4.69, 9.17) is 0 Å². The molecule has 2 aromatic carbocycles. The number of fused-ring (bicyclic) bond motifs is 1. The van der Waals surface area contributed by atoms with Crippen LogP contribution in [0.15, 0.2) is 59.6 Å². The third kappa shape index (κ3) is 3.66. The number of sulfonamides is 1. The van der Waals surface area contributed by atoms with Crippen LogP contribution in [0.3, 0.4) is 0 Å². The molecule has 0 saturated carbocycles. The van der Waals surface area contributed by atoms with Gasteiger partial charge in [0.1, 0.15) is 0 Å². The van der Waals surface area contributed by atoms with Gasteiger partial charge in [-0.05, 0) is 49.2 Å². The van der Waals surface area contributed by atoms with E-state index < -0.39 is 10.0 Å². The lowest BCUT2D eigenvalue weighted by Crippen LogP contribution is -2.31. The number of aromatic nitrogens is 2. The van der Waals surface area contributed by atoms with Crippen LogP contribution < -0.4 is 4.90 Å². The van der Waals surface area contributed by atoms with Crippen LogP contribution in [0.4, 0.5) is 5.69 Å². The molecular weight excluding hydrogens is 412 g/mol. The second-order valence-corrected chi connectivity index (χ2v) is 9.42. The monoisotopic (exact) mass is 438 g/mol. The summed E-state index contributed by atoms with van der Waals surface area (Å²) in [4.78, 5) is 15.3. The van der Waals surface area contributed by atoms with Crippen molar-refractivity contribution in [2.75, 3.05) is 24.5 Å². The number of rotatable bonds is 6. The highest BCUT2D eigenvalue weighted by Crippen LogP contribution is 2.32. The van der Waals surface area contributed by atoms with Gasteiger partial charge in [0, 0.05) is 25.3 Å². The van der Waals surface area contributed by atoms with Gasteiger partial charge in [0.2, 0.25) is 10.0 Å². The Morgan fingerprint density at radius 2 is 1.81 bits per heavy atom. The molecule has 162 valence electrons. The molecule has 2 heterocycles. The van der Waals surface area contributed by atoms with E-state index in [2.05, 4.69) is 5.10 Å². The Balaban J connectivity index is 1.64. The minimum Gasteiger partial charge on any atom is -0.308 e. The van der Waals surface area contributed by atoms with Gasteiger partial charge in [0.05, 0.1) is 28.0 Å². The fraction of sp³-hybridized carbons (Fsp3) is 0.304. The van der Waals surface area contributed by atoms with Crippen LogP contribution in [0.5, 0.6) is 0 Å². The first-order chi connectivity index (χ1) is 14.9. The molecule has 0 saturated heterocycles. The summed E-state index contributed by atoms with van der Waals surface area (Å²) in [7, 11) is -3.53. The first kappa shape index (κ1) is 21.3. The van der Waals surface area contributed by atoms with E-state index in [1.807, 2.05) is 51.1 Å². The van der Waals surface area contributed by atoms with Crippen LogP contribution in [0.25, 0.3) is 5.69 Å². The van der Waals surface area contributed by atoms with Crippen LogP contribution in [0, 0.1) is 6.92 Å². The molecule has 1 aromatic heterocycles. The van der Waals surface area contributed by atoms with Crippen molar-refractivity contribution in [3.63, 3.8) is 0 Å². The molecule has 0 spiro atoms. The Morgan fingerprint density at radius 1 is 1.10 bits per heavy atom. The van der Waals surface area contributed by atoms with Crippen LogP contribution in [-0.4, -0.2) is 48.0 Å². The first-order valence-electron chi connectivity index (χ1n) is 10.4. The van der Waals surface area contributed by atoms with Crippen molar-refractivity contribution in [2.24, 2.45) is 0 Å². The van der Waals surface area contributed by atoms with Crippen molar-refractivity contribution in [1.82, 2.24) is 14.1 Å². The van der Waals surface area contributed by atoms with Gasteiger partial charge in [0.25, 0.3) is 5.91 Å². The number of hydrogen-bond acceptors (Lipinski definition) is 4. The topological polar surface area (TPSA) is 75.5 Å². The number of anilines is 1. The Morgan fingerprint density at radius 3 is 2.48 bits per heavy atom. The zero-order chi connectivity index (χ0) is 22.2. The molecule has 0 radical (unpaired) electrons. The third-order valence-corrected chi connectivity index (χ3v) is 7.82. The summed E-state index contributed by atoms with van der Waals surface area (Å²) in [6, 6.07) is 14.7. The molecule has 31 heavy (non-hydrogen) atoms. The second kappa shape index (κ2) is 8.28. The Kier molecular flexibility index (Phi) is 5.68. The molecule has 8 heteroatoms. The van der Waals surface area contributed by atoms with Gasteiger partial charge in [-0.15, -0.1) is 0 Å². The number of amides is 1. The first-order valence-corrected chi connectivity index (χ1v) is 11.9. The molecule has 1 amide bonds. The van der Waals surface area contributed by atoms with E-state index in [1.165, 1.54) is 4.31 Å². The molecule has 4 rings (SSSR count). The van der Waals surface area contributed by atoms with E-state index in [1.54, 1.807) is 34.0 Å². The SMILES string of the molecule is CCN(CC)S(=O)(=O)c1ccc2c(c1)CCN2C(=O)c1cnn(-c2ccccc2)c1C. The average molecular weight is 439 g/mol. The van der Waals surface area contributed by atoms with Crippen molar-refractivity contribution < 1.29 is 13.2 Å². The van der Waals surface area contributed by atoms with Crippen molar-refractivity contribution in [1.29, 1.82) is 0 Å². The summed E-state index contributed by atoms with van der Waals surface area (Å²) in [6.45, 7) is 6.89. The van der Waals surface area contributed by atoms with Crippen LogP contribution >= 0.6 is 0 Å². The second-order valence-electron chi connectivity index (χ2n) is 7.48. The summed E-state index contributed by atoms with van der Waals surface area (Å²) in [6.07, 6.45) is 2.22. The standard InChI is InChI=1S/C23H26N4O3S/c1-4-25(5-2)31(29,30)20-11-12-22-18(15-20)13-14-26(22)23(28)21-16-24-27(17(21)3)19-9-7-6-8-10-19/h6-12,15-16H,4-5,13-14H2,1-3H3. The summed E-state index contributed by atoms with van der Waals surface area (Å²) in [5.41, 5.74) is 3.83. The van der Waals surface area contributed by atoms with Crippen molar-refractivity contribution >= 4 is 21.6 Å². The summed E-state index contributed by atoms with van der Waals surface area (Å²) < 4.78 is 28.9. The Labute approximate surface area is 183 Å². The zero-order valence-electron chi connectivity index (χ0n) is 17.9. The molecule has 1 aliphatic rings. The predicted octanol–water partition coefficient (Wildman–Crippen LogP) is 3.41. The highest BCUT2D eigenvalue weighted by Gasteiger charge is 2.30. The van der Waals surface area contributed by atoms with Crippen LogP contribution in [-0.2, 0) is 16.4 Å². The Hall–Kier alpha value is -2.97. The van der Waals surface area contributed by atoms with E-state index in [9.17, 15) is 13.2 Å². The van der Waals surface area contributed by atoms with E-state index in [0.717, 1.165) is 22.6 Å². The molecule has 0 bridgehead atoms. The summed E-state index contributed by atoms with van der Waals surface area (Å²) in [5, 5.41) is 4.40. The smallest absolute Gasteiger partial charge is 0.261 e. The molecule has 3 aromatic rings. The van der Waals surface area contributed by atoms with E-state index in [0.29, 0.717) is 31.6 Å². The molecule has 0 aliphatic carbocycles. The maximum absolute atomic E-state index is 13.3. The normalized spacial score (nSPS) is 13.6. The molecule has 0 fully saturated rings. The number of nitrogens with zero attached hydrogens (tertiary/aromatic N) is 4. The highest BCUT2D eigenvalue weighted by atomic mass is 32.2. The lowest BCUT2D eigenvalue weighted by atomic mass is 10.1. The van der Waals surface area contributed by atoms with Crippen molar-refractivity contribution in [3.8, 4) is 5.69 Å². The largest absolute Gasteiger partial charge is 0.308 e. The minimum atomic E-state index is -3.53. The third-order valence-electron chi connectivity index (χ3n) is 5.78. The lowest BCUT2D eigenvalue weighted by Gasteiger charge is -2.20. The predicted molar refractivity (Wildman–Crippen MR) is 120 cm³/mol. The van der Waals surface area contributed by atoms with Gasteiger partial charge < -0.3 is 4.90 Å². The maximum atomic E-state index is 13.3. The van der Waals surface area contributed by atoms with Crippen molar-refractivity contribution in [3.05, 3.63) is 71.5 Å². The van der Waals surface area contributed by atoms with Crippen molar-refractivity contribution in [2.45, 2.75) is 32.1 Å². The number of carbonyl (C=O) groups is 1. The molecule has 0 atom stereocenters. The highest BCUT2D eigenvalue weighted by molar-refractivity contribution is 7.89. The van der Waals surface area contributed by atoms with E-state index >= 15 is 0 Å². The van der Waals surface area contributed by atoms with Gasteiger partial charge >= 0.3 is 0 Å². The number of hydrogen-bond donors (Lipinski definition) is 0. The van der Waals surface area contributed by atoms with Gasteiger partial charge in [-0.1, -0.05) is 32.0 Å².